The SMILES string of the molecule is CCCCOC1(OCCCC)C=CC(C(=O)c2ccccc2)=C(O)C1. The summed E-state index contributed by atoms with van der Waals surface area (Å²) in [6.07, 6.45) is 7.45. The van der Waals surface area contributed by atoms with Crippen molar-refractivity contribution in [1.82, 2.24) is 0 Å². The lowest BCUT2D eigenvalue weighted by Gasteiger charge is -2.33. The molecule has 1 aromatic carbocycles. The van der Waals surface area contributed by atoms with Crippen LogP contribution in [0.1, 0.15) is 56.3 Å². The number of aliphatic hydroxyl groups is 1. The van der Waals surface area contributed by atoms with E-state index in [1.807, 2.05) is 18.2 Å². The number of hydrogen-bond acceptors (Lipinski definition) is 4. The predicted octanol–water partition coefficient (Wildman–Crippen LogP) is 4.97. The first-order valence-electron chi connectivity index (χ1n) is 9.11. The molecule has 0 fully saturated rings. The average Bonchev–Trinajstić information content (AvgIpc) is 2.63. The van der Waals surface area contributed by atoms with Crippen molar-refractivity contribution in [1.29, 1.82) is 0 Å². The fourth-order valence-electron chi connectivity index (χ4n) is 2.66. The minimum Gasteiger partial charge on any atom is -0.511 e. The van der Waals surface area contributed by atoms with Crippen molar-refractivity contribution in [2.45, 2.75) is 51.7 Å². The highest BCUT2D eigenvalue weighted by atomic mass is 16.7. The van der Waals surface area contributed by atoms with Gasteiger partial charge >= 0.3 is 0 Å². The monoisotopic (exact) mass is 344 g/mol. The molecule has 0 aliphatic heterocycles. The van der Waals surface area contributed by atoms with Crippen molar-refractivity contribution in [3.05, 3.63) is 59.4 Å². The van der Waals surface area contributed by atoms with E-state index in [0.29, 0.717) is 24.4 Å². The summed E-state index contributed by atoms with van der Waals surface area (Å²) in [5.41, 5.74) is 0.861. The molecule has 0 aromatic heterocycles. The summed E-state index contributed by atoms with van der Waals surface area (Å²) in [5.74, 6) is -1.15. The highest BCUT2D eigenvalue weighted by Gasteiger charge is 2.35. The Morgan fingerprint density at radius 1 is 1.08 bits per heavy atom. The Morgan fingerprint density at radius 2 is 1.68 bits per heavy atom. The molecule has 0 spiro atoms. The van der Waals surface area contributed by atoms with Gasteiger partial charge in [-0.15, -0.1) is 0 Å². The van der Waals surface area contributed by atoms with Gasteiger partial charge in [-0.1, -0.05) is 57.0 Å². The second-order valence-corrected chi connectivity index (χ2v) is 6.28. The zero-order valence-corrected chi connectivity index (χ0v) is 15.2. The van der Waals surface area contributed by atoms with Gasteiger partial charge in [0.25, 0.3) is 0 Å². The van der Waals surface area contributed by atoms with Crippen molar-refractivity contribution in [2.75, 3.05) is 13.2 Å². The van der Waals surface area contributed by atoms with Crippen LogP contribution in [0.5, 0.6) is 0 Å². The van der Waals surface area contributed by atoms with E-state index < -0.39 is 5.79 Å². The van der Waals surface area contributed by atoms with Gasteiger partial charge in [0.15, 0.2) is 11.6 Å². The van der Waals surface area contributed by atoms with Crippen LogP contribution in [-0.2, 0) is 9.47 Å². The van der Waals surface area contributed by atoms with Gasteiger partial charge in [-0.3, -0.25) is 4.79 Å². The number of allylic oxidation sites excluding steroid dienone is 2. The Bertz CT molecular complexity index is 606. The first-order chi connectivity index (χ1) is 12.1. The van der Waals surface area contributed by atoms with Crippen LogP contribution in [0.3, 0.4) is 0 Å². The summed E-state index contributed by atoms with van der Waals surface area (Å²) < 4.78 is 11.9. The summed E-state index contributed by atoms with van der Waals surface area (Å²) >= 11 is 0. The maximum absolute atomic E-state index is 12.6. The van der Waals surface area contributed by atoms with Gasteiger partial charge in [0.2, 0.25) is 0 Å². The van der Waals surface area contributed by atoms with E-state index in [1.54, 1.807) is 24.3 Å². The quantitative estimate of drug-likeness (QED) is 0.370. The zero-order chi connectivity index (χ0) is 18.1. The van der Waals surface area contributed by atoms with Crippen LogP contribution in [0, 0.1) is 0 Å². The number of carbonyl (C=O) groups excluding carboxylic acids is 1. The molecule has 4 nitrogen and oxygen atoms in total. The molecule has 136 valence electrons. The topological polar surface area (TPSA) is 55.8 Å². The van der Waals surface area contributed by atoms with Crippen molar-refractivity contribution in [2.24, 2.45) is 0 Å². The van der Waals surface area contributed by atoms with Crippen LogP contribution in [0.25, 0.3) is 0 Å². The Hall–Kier alpha value is -1.91. The van der Waals surface area contributed by atoms with Gasteiger partial charge in [0, 0.05) is 5.56 Å². The van der Waals surface area contributed by atoms with Crippen LogP contribution < -0.4 is 0 Å². The van der Waals surface area contributed by atoms with Gasteiger partial charge in [0.1, 0.15) is 5.76 Å². The molecule has 0 saturated heterocycles. The molecule has 4 heteroatoms. The van der Waals surface area contributed by atoms with Crippen LogP contribution >= 0.6 is 0 Å². The Labute approximate surface area is 150 Å². The first-order valence-corrected chi connectivity index (χ1v) is 9.11. The number of benzene rings is 1. The average molecular weight is 344 g/mol. The van der Waals surface area contributed by atoms with E-state index in [-0.39, 0.29) is 18.0 Å². The number of unbranched alkanes of at least 4 members (excludes halogenated alkanes) is 2. The number of ketones is 1. The first kappa shape index (κ1) is 19.4. The van der Waals surface area contributed by atoms with E-state index >= 15 is 0 Å². The lowest BCUT2D eigenvalue weighted by atomic mass is 9.93. The number of aliphatic hydroxyl groups excluding tert-OH is 1. The number of ether oxygens (including phenoxy) is 2. The standard InChI is InChI=1S/C21H28O4/c1-3-5-14-24-21(25-15-6-4-2)13-12-18(19(22)16-21)20(23)17-10-8-7-9-11-17/h7-13,22H,3-6,14-16H2,1-2H3. The molecule has 0 heterocycles. The molecule has 0 atom stereocenters. The van der Waals surface area contributed by atoms with Crippen LogP contribution in [0.4, 0.5) is 0 Å². The Kier molecular flexibility index (Phi) is 7.41. The normalized spacial score (nSPS) is 16.2. The smallest absolute Gasteiger partial charge is 0.196 e. The molecule has 1 N–H and O–H groups in total. The van der Waals surface area contributed by atoms with Gasteiger partial charge in [-0.05, 0) is 25.0 Å². The van der Waals surface area contributed by atoms with Crippen molar-refractivity contribution in [3.8, 4) is 0 Å². The summed E-state index contributed by atoms with van der Waals surface area (Å²) in [4.78, 5) is 12.6. The van der Waals surface area contributed by atoms with Crippen LogP contribution in [-0.4, -0.2) is 29.9 Å². The van der Waals surface area contributed by atoms with Crippen molar-refractivity contribution in [3.63, 3.8) is 0 Å². The lowest BCUT2D eigenvalue weighted by molar-refractivity contribution is -0.208. The van der Waals surface area contributed by atoms with E-state index in [9.17, 15) is 9.90 Å². The van der Waals surface area contributed by atoms with Gasteiger partial charge in [-0.2, -0.15) is 0 Å². The molecule has 1 aromatic rings. The third kappa shape index (κ3) is 5.28. The molecule has 0 saturated carbocycles. The van der Waals surface area contributed by atoms with E-state index in [0.717, 1.165) is 25.7 Å². The maximum atomic E-state index is 12.6. The number of rotatable bonds is 10. The molecule has 0 radical (unpaired) electrons. The maximum Gasteiger partial charge on any atom is 0.196 e. The van der Waals surface area contributed by atoms with Crippen LogP contribution in [0.2, 0.25) is 0 Å². The summed E-state index contributed by atoms with van der Waals surface area (Å²) in [7, 11) is 0. The van der Waals surface area contributed by atoms with E-state index in [4.69, 9.17) is 9.47 Å². The third-order valence-electron chi connectivity index (χ3n) is 4.20. The lowest BCUT2D eigenvalue weighted by Crippen LogP contribution is -2.37. The number of carbonyl (C=O) groups is 1. The highest BCUT2D eigenvalue weighted by molar-refractivity contribution is 6.11. The van der Waals surface area contributed by atoms with Crippen LogP contribution in [0.15, 0.2) is 53.8 Å². The van der Waals surface area contributed by atoms with Gasteiger partial charge < -0.3 is 14.6 Å². The minimum atomic E-state index is -0.977. The number of Topliss-reactive ketones (excluding diaryl/α,β-unsaturated/α-hetero) is 1. The molecular formula is C21H28O4. The van der Waals surface area contributed by atoms with Gasteiger partial charge in [-0.25, -0.2) is 0 Å². The molecule has 0 bridgehead atoms. The third-order valence-corrected chi connectivity index (χ3v) is 4.20. The second kappa shape index (κ2) is 9.54. The van der Waals surface area contributed by atoms with Crippen molar-refractivity contribution < 1.29 is 19.4 Å². The highest BCUT2D eigenvalue weighted by Crippen LogP contribution is 2.32. The Balaban J connectivity index is 2.14. The van der Waals surface area contributed by atoms with E-state index in [1.165, 1.54) is 0 Å². The van der Waals surface area contributed by atoms with Crippen molar-refractivity contribution >= 4 is 5.78 Å². The molecule has 25 heavy (non-hydrogen) atoms. The fraction of sp³-hybridized carbons (Fsp3) is 0.476. The summed E-state index contributed by atoms with van der Waals surface area (Å²) in [6, 6.07) is 8.96. The number of hydrogen-bond donors (Lipinski definition) is 1. The largest absolute Gasteiger partial charge is 0.511 e. The molecule has 0 amide bonds. The summed E-state index contributed by atoms with van der Waals surface area (Å²) in [5, 5.41) is 10.5. The Morgan fingerprint density at radius 3 is 2.20 bits per heavy atom. The summed E-state index contributed by atoms with van der Waals surface area (Å²) in [6.45, 7) is 5.31. The predicted molar refractivity (Wildman–Crippen MR) is 98.6 cm³/mol. The fourth-order valence-corrected chi connectivity index (χ4v) is 2.66. The molecule has 0 unspecified atom stereocenters. The second-order valence-electron chi connectivity index (χ2n) is 6.28. The zero-order valence-electron chi connectivity index (χ0n) is 15.2. The molecular weight excluding hydrogens is 316 g/mol. The minimum absolute atomic E-state index is 0.0179. The molecule has 1 aliphatic carbocycles. The van der Waals surface area contributed by atoms with E-state index in [2.05, 4.69) is 13.8 Å². The molecule has 2 rings (SSSR count). The molecule has 1 aliphatic rings. The van der Waals surface area contributed by atoms with Gasteiger partial charge in [0.05, 0.1) is 25.2 Å².